The first-order valence-electron chi connectivity index (χ1n) is 8.02. The van der Waals surface area contributed by atoms with Gasteiger partial charge in [-0.1, -0.05) is 24.3 Å². The Hall–Kier alpha value is -2.21. The molecule has 2 aromatic rings. The van der Waals surface area contributed by atoms with Crippen LogP contribution in [0.5, 0.6) is 11.5 Å². The fourth-order valence-corrected chi connectivity index (χ4v) is 4.27. The summed E-state index contributed by atoms with van der Waals surface area (Å²) in [6, 6.07) is 8.37. The first-order chi connectivity index (χ1) is 13.1. The van der Waals surface area contributed by atoms with Crippen molar-refractivity contribution in [1.29, 1.82) is 0 Å². The molecule has 0 fully saturated rings. The monoisotopic (exact) mass is 432 g/mol. The van der Waals surface area contributed by atoms with E-state index in [9.17, 15) is 21.2 Å². The molecule has 2 N–H and O–H groups in total. The third-order valence-electron chi connectivity index (χ3n) is 3.85. The predicted octanol–water partition coefficient (Wildman–Crippen LogP) is 1.37. The Morgan fingerprint density at radius 3 is 2.18 bits per heavy atom. The number of halogens is 1. The van der Waals surface area contributed by atoms with E-state index >= 15 is 0 Å². The average Bonchev–Trinajstić information content (AvgIpc) is 2.66. The number of methoxy groups -OCH3 is 2. The van der Waals surface area contributed by atoms with Crippen LogP contribution in [-0.4, -0.2) is 38.1 Å². The molecule has 2 aromatic carbocycles. The van der Waals surface area contributed by atoms with Gasteiger partial charge in [-0.15, -0.1) is 0 Å². The first-order valence-corrected chi connectivity index (χ1v) is 11.2. The van der Waals surface area contributed by atoms with Gasteiger partial charge in [-0.2, -0.15) is 0 Å². The van der Waals surface area contributed by atoms with Gasteiger partial charge < -0.3 is 9.47 Å². The summed E-state index contributed by atoms with van der Waals surface area (Å²) in [6.07, 6.45) is 0. The van der Waals surface area contributed by atoms with Gasteiger partial charge in [0.05, 0.1) is 20.0 Å². The molecule has 0 saturated carbocycles. The van der Waals surface area contributed by atoms with Gasteiger partial charge in [0.25, 0.3) is 0 Å². The zero-order valence-corrected chi connectivity index (χ0v) is 17.2. The lowest BCUT2D eigenvalue weighted by Crippen LogP contribution is -2.24. The van der Waals surface area contributed by atoms with Crippen molar-refractivity contribution in [3.05, 3.63) is 53.3 Å². The molecule has 0 saturated heterocycles. The third kappa shape index (κ3) is 5.41. The van der Waals surface area contributed by atoms with E-state index in [4.69, 9.17) is 9.47 Å². The van der Waals surface area contributed by atoms with Crippen LogP contribution < -0.4 is 18.9 Å². The van der Waals surface area contributed by atoms with E-state index in [-0.39, 0.29) is 23.8 Å². The van der Waals surface area contributed by atoms with Crippen molar-refractivity contribution in [3.63, 3.8) is 0 Å². The molecule has 11 heteroatoms. The summed E-state index contributed by atoms with van der Waals surface area (Å²) in [5.74, 6) is -1.09. The quantitative estimate of drug-likeness (QED) is 0.619. The summed E-state index contributed by atoms with van der Waals surface area (Å²) in [4.78, 5) is -0.584. The van der Waals surface area contributed by atoms with Crippen LogP contribution in [0.2, 0.25) is 0 Å². The Morgan fingerprint density at radius 1 is 0.964 bits per heavy atom. The second-order valence-electron chi connectivity index (χ2n) is 5.75. The molecule has 0 heterocycles. The Bertz CT molecular complexity index is 1060. The molecular weight excluding hydrogens is 411 g/mol. The van der Waals surface area contributed by atoms with Crippen molar-refractivity contribution in [1.82, 2.24) is 9.44 Å². The molecular formula is C17H21FN2O6S2. The molecule has 0 radical (unpaired) electrons. The largest absolute Gasteiger partial charge is 0.493 e. The number of sulfonamides is 2. The number of rotatable bonds is 9. The molecule has 0 aliphatic rings. The van der Waals surface area contributed by atoms with Crippen LogP contribution in [0.4, 0.5) is 4.39 Å². The Morgan fingerprint density at radius 2 is 1.57 bits per heavy atom. The second-order valence-corrected chi connectivity index (χ2v) is 9.41. The van der Waals surface area contributed by atoms with E-state index in [0.717, 1.165) is 12.1 Å². The number of hydrogen-bond acceptors (Lipinski definition) is 6. The zero-order chi connectivity index (χ0) is 20.9. The highest BCUT2D eigenvalue weighted by Gasteiger charge is 2.22. The van der Waals surface area contributed by atoms with Crippen molar-refractivity contribution in [2.45, 2.75) is 17.2 Å². The highest BCUT2D eigenvalue weighted by molar-refractivity contribution is 7.89. The summed E-state index contributed by atoms with van der Waals surface area (Å²) in [6.45, 7) is -0.149. The van der Waals surface area contributed by atoms with Crippen LogP contribution in [0.15, 0.2) is 41.3 Å². The molecule has 0 unspecified atom stereocenters. The molecule has 0 amide bonds. The van der Waals surface area contributed by atoms with Gasteiger partial charge in [0.2, 0.25) is 20.0 Å². The fraction of sp³-hybridized carbons (Fsp3) is 0.294. The van der Waals surface area contributed by atoms with E-state index in [1.165, 1.54) is 21.3 Å². The Kier molecular flexibility index (Phi) is 6.99. The topological polar surface area (TPSA) is 111 Å². The van der Waals surface area contributed by atoms with E-state index in [2.05, 4.69) is 9.44 Å². The minimum absolute atomic E-state index is 0.0670. The lowest BCUT2D eigenvalue weighted by Gasteiger charge is -2.12. The van der Waals surface area contributed by atoms with E-state index in [1.54, 1.807) is 24.3 Å². The van der Waals surface area contributed by atoms with Gasteiger partial charge in [0.15, 0.2) is 11.5 Å². The maximum absolute atomic E-state index is 14.2. The van der Waals surface area contributed by atoms with Crippen molar-refractivity contribution in [2.24, 2.45) is 0 Å². The standard InChI is InChI=1S/C17H21FN2O6S2/c1-19-27(21,22)11-13-6-4-5-12(7-13)10-20-28(23,24)17-9-16(26-3)15(25-2)8-14(17)18/h4-9,19-20H,10-11H2,1-3H3. The summed E-state index contributed by atoms with van der Waals surface area (Å²) >= 11 is 0. The van der Waals surface area contributed by atoms with Crippen molar-refractivity contribution >= 4 is 20.0 Å². The second kappa shape index (κ2) is 8.86. The van der Waals surface area contributed by atoms with Crippen LogP contribution in [0, 0.1) is 5.82 Å². The summed E-state index contributed by atoms with van der Waals surface area (Å²) in [5.41, 5.74) is 1.01. The van der Waals surface area contributed by atoms with Crippen molar-refractivity contribution < 1.29 is 30.7 Å². The fourth-order valence-electron chi connectivity index (χ4n) is 2.42. The zero-order valence-electron chi connectivity index (χ0n) is 15.5. The van der Waals surface area contributed by atoms with Crippen LogP contribution in [0.25, 0.3) is 0 Å². The highest BCUT2D eigenvalue weighted by atomic mass is 32.2. The SMILES string of the molecule is CNS(=O)(=O)Cc1cccc(CNS(=O)(=O)c2cc(OC)c(OC)cc2F)c1. The van der Waals surface area contributed by atoms with Crippen LogP contribution in [-0.2, 0) is 32.3 Å². The predicted molar refractivity (Wildman–Crippen MR) is 102 cm³/mol. The van der Waals surface area contributed by atoms with Crippen LogP contribution in [0.1, 0.15) is 11.1 Å². The van der Waals surface area contributed by atoms with E-state index < -0.39 is 30.8 Å². The normalized spacial score (nSPS) is 12.0. The summed E-state index contributed by atoms with van der Waals surface area (Å²) in [7, 11) is -3.72. The molecule has 0 aliphatic carbocycles. The number of benzene rings is 2. The van der Waals surface area contributed by atoms with Gasteiger partial charge in [-0.25, -0.2) is 30.7 Å². The van der Waals surface area contributed by atoms with Gasteiger partial charge >= 0.3 is 0 Å². The van der Waals surface area contributed by atoms with Crippen LogP contribution in [0.3, 0.4) is 0 Å². The molecule has 0 aromatic heterocycles. The maximum Gasteiger partial charge on any atom is 0.243 e. The van der Waals surface area contributed by atoms with E-state index in [0.29, 0.717) is 11.1 Å². The lowest BCUT2D eigenvalue weighted by molar-refractivity contribution is 0.350. The molecule has 0 aliphatic heterocycles. The lowest BCUT2D eigenvalue weighted by atomic mass is 10.1. The Labute approximate surface area is 163 Å². The number of nitrogens with one attached hydrogen (secondary N) is 2. The molecule has 0 bridgehead atoms. The minimum atomic E-state index is -4.19. The third-order valence-corrected chi connectivity index (χ3v) is 6.60. The highest BCUT2D eigenvalue weighted by Crippen LogP contribution is 2.31. The van der Waals surface area contributed by atoms with Crippen LogP contribution >= 0.6 is 0 Å². The molecule has 28 heavy (non-hydrogen) atoms. The number of ether oxygens (including phenoxy) is 2. The van der Waals surface area contributed by atoms with Gasteiger partial charge in [-0.05, 0) is 18.2 Å². The molecule has 2 rings (SSSR count). The number of hydrogen-bond donors (Lipinski definition) is 2. The average molecular weight is 432 g/mol. The molecule has 0 atom stereocenters. The van der Waals surface area contributed by atoms with Gasteiger partial charge in [0, 0.05) is 18.7 Å². The molecule has 8 nitrogen and oxygen atoms in total. The first kappa shape index (κ1) is 22.1. The Balaban J connectivity index is 2.23. The van der Waals surface area contributed by atoms with Crippen molar-refractivity contribution in [2.75, 3.05) is 21.3 Å². The maximum atomic E-state index is 14.2. The molecule has 0 spiro atoms. The molecule has 154 valence electrons. The summed E-state index contributed by atoms with van der Waals surface area (Å²) < 4.78 is 77.0. The van der Waals surface area contributed by atoms with E-state index in [1.807, 2.05) is 0 Å². The smallest absolute Gasteiger partial charge is 0.243 e. The van der Waals surface area contributed by atoms with Gasteiger partial charge in [-0.3, -0.25) is 0 Å². The minimum Gasteiger partial charge on any atom is -0.493 e. The van der Waals surface area contributed by atoms with Gasteiger partial charge in [0.1, 0.15) is 10.7 Å². The summed E-state index contributed by atoms with van der Waals surface area (Å²) in [5, 5.41) is 0. The van der Waals surface area contributed by atoms with Crippen molar-refractivity contribution in [3.8, 4) is 11.5 Å².